The predicted molar refractivity (Wildman–Crippen MR) is 70.4 cm³/mol. The van der Waals surface area contributed by atoms with Gasteiger partial charge in [-0.1, -0.05) is 6.07 Å². The van der Waals surface area contributed by atoms with Crippen LogP contribution in [0.1, 0.15) is 12.8 Å². The van der Waals surface area contributed by atoms with E-state index < -0.39 is 24.0 Å². The number of benzene rings is 1. The molecule has 114 valence electrons. The molecule has 0 aliphatic carbocycles. The number of halogens is 1. The first kappa shape index (κ1) is 15.2. The number of nitrogens with one attached hydrogen (secondary N) is 1. The van der Waals surface area contributed by atoms with Crippen LogP contribution in [-0.2, 0) is 14.3 Å². The molecule has 1 saturated heterocycles. The van der Waals surface area contributed by atoms with Gasteiger partial charge in [0.05, 0.1) is 6.54 Å². The number of ether oxygens (including phenoxy) is 2. The zero-order valence-electron chi connectivity index (χ0n) is 11.3. The van der Waals surface area contributed by atoms with E-state index in [4.69, 9.17) is 14.6 Å². The molecule has 21 heavy (non-hydrogen) atoms. The van der Waals surface area contributed by atoms with Crippen molar-refractivity contribution in [3.05, 3.63) is 30.1 Å². The largest absolute Gasteiger partial charge is 0.492 e. The summed E-state index contributed by atoms with van der Waals surface area (Å²) in [6.07, 6.45) is -0.939. The van der Waals surface area contributed by atoms with Crippen molar-refractivity contribution < 1.29 is 28.6 Å². The Morgan fingerprint density at radius 1 is 1.38 bits per heavy atom. The standard InChI is InChI=1S/C14H16FNO5/c15-9-2-1-3-10(8-9)20-7-6-16-13(17)11-4-5-12(21-11)14(18)19/h1-3,8,11-12H,4-7H2,(H,16,17)(H,18,19)/t11-,12+/m0/s1. The van der Waals surface area contributed by atoms with Crippen molar-refractivity contribution in [2.45, 2.75) is 25.0 Å². The first-order valence-corrected chi connectivity index (χ1v) is 6.60. The van der Waals surface area contributed by atoms with Crippen LogP contribution in [0.2, 0.25) is 0 Å². The molecule has 1 fully saturated rings. The summed E-state index contributed by atoms with van der Waals surface area (Å²) < 4.78 is 23.3. The smallest absolute Gasteiger partial charge is 0.332 e. The molecule has 1 aromatic rings. The van der Waals surface area contributed by atoms with Crippen LogP contribution in [0.5, 0.6) is 5.75 Å². The highest BCUT2D eigenvalue weighted by Crippen LogP contribution is 2.19. The van der Waals surface area contributed by atoms with E-state index in [2.05, 4.69) is 5.32 Å². The van der Waals surface area contributed by atoms with Crippen molar-refractivity contribution in [1.29, 1.82) is 0 Å². The summed E-state index contributed by atoms with van der Waals surface area (Å²) >= 11 is 0. The average molecular weight is 297 g/mol. The Hall–Kier alpha value is -2.15. The van der Waals surface area contributed by atoms with Crippen LogP contribution in [0.25, 0.3) is 0 Å². The number of carboxylic acid groups (broad SMARTS) is 1. The molecule has 2 rings (SSSR count). The minimum absolute atomic E-state index is 0.185. The molecule has 7 heteroatoms. The molecule has 1 aromatic carbocycles. The molecule has 0 unspecified atom stereocenters. The number of hydrogen-bond donors (Lipinski definition) is 2. The molecule has 0 radical (unpaired) electrons. The Bertz CT molecular complexity index is 522. The Balaban J connectivity index is 1.67. The molecule has 0 saturated carbocycles. The van der Waals surface area contributed by atoms with Crippen LogP contribution in [-0.4, -0.2) is 42.3 Å². The van der Waals surface area contributed by atoms with Gasteiger partial charge >= 0.3 is 5.97 Å². The van der Waals surface area contributed by atoms with Crippen molar-refractivity contribution in [2.24, 2.45) is 0 Å². The SMILES string of the molecule is O=C(NCCOc1cccc(F)c1)[C@@H]1CC[C@H](C(=O)O)O1. The van der Waals surface area contributed by atoms with E-state index in [9.17, 15) is 14.0 Å². The van der Waals surface area contributed by atoms with Crippen molar-refractivity contribution in [3.63, 3.8) is 0 Å². The topological polar surface area (TPSA) is 84.9 Å². The second kappa shape index (κ2) is 7.03. The van der Waals surface area contributed by atoms with Gasteiger partial charge in [0.1, 0.15) is 24.3 Å². The maximum Gasteiger partial charge on any atom is 0.332 e. The van der Waals surface area contributed by atoms with Gasteiger partial charge in [-0.25, -0.2) is 9.18 Å². The Morgan fingerprint density at radius 2 is 2.14 bits per heavy atom. The minimum atomic E-state index is -1.06. The van der Waals surface area contributed by atoms with E-state index in [0.29, 0.717) is 18.6 Å². The molecule has 0 bridgehead atoms. The lowest BCUT2D eigenvalue weighted by atomic mass is 10.2. The lowest BCUT2D eigenvalue weighted by molar-refractivity contribution is -0.151. The normalized spacial score (nSPS) is 21.0. The summed E-state index contributed by atoms with van der Waals surface area (Å²) in [5, 5.41) is 11.4. The fourth-order valence-corrected chi connectivity index (χ4v) is 2.03. The molecular weight excluding hydrogens is 281 g/mol. The van der Waals surface area contributed by atoms with E-state index in [1.54, 1.807) is 6.07 Å². The summed E-state index contributed by atoms with van der Waals surface area (Å²) in [5.41, 5.74) is 0. The highest BCUT2D eigenvalue weighted by atomic mass is 19.1. The van der Waals surface area contributed by atoms with Crippen LogP contribution in [0, 0.1) is 5.82 Å². The van der Waals surface area contributed by atoms with Gasteiger partial charge in [0.2, 0.25) is 5.91 Å². The van der Waals surface area contributed by atoms with Crippen molar-refractivity contribution in [2.75, 3.05) is 13.2 Å². The van der Waals surface area contributed by atoms with Gasteiger partial charge in [0, 0.05) is 6.07 Å². The third-order valence-electron chi connectivity index (χ3n) is 3.05. The molecular formula is C14H16FNO5. The fraction of sp³-hybridized carbons (Fsp3) is 0.429. The second-order valence-electron chi connectivity index (χ2n) is 4.63. The summed E-state index contributed by atoms with van der Waals surface area (Å²) in [4.78, 5) is 22.4. The lowest BCUT2D eigenvalue weighted by Crippen LogP contribution is -2.37. The number of aliphatic carboxylic acids is 1. The number of carboxylic acids is 1. The monoisotopic (exact) mass is 297 g/mol. The summed E-state index contributed by atoms with van der Waals surface area (Å²) in [6, 6.07) is 5.70. The maximum atomic E-state index is 12.9. The van der Waals surface area contributed by atoms with Gasteiger partial charge in [-0.05, 0) is 25.0 Å². The Kier molecular flexibility index (Phi) is 5.10. The third-order valence-corrected chi connectivity index (χ3v) is 3.05. The molecule has 0 spiro atoms. The molecule has 0 aromatic heterocycles. The number of carbonyl (C=O) groups excluding carboxylic acids is 1. The molecule has 1 amide bonds. The lowest BCUT2D eigenvalue weighted by Gasteiger charge is -2.12. The van der Waals surface area contributed by atoms with Crippen molar-refractivity contribution in [1.82, 2.24) is 5.32 Å². The van der Waals surface area contributed by atoms with Gasteiger partial charge in [-0.3, -0.25) is 4.79 Å². The summed E-state index contributed by atoms with van der Waals surface area (Å²) in [6.45, 7) is 0.414. The zero-order chi connectivity index (χ0) is 15.2. The Labute approximate surface area is 120 Å². The van der Waals surface area contributed by atoms with Gasteiger partial charge in [-0.2, -0.15) is 0 Å². The van der Waals surface area contributed by atoms with E-state index in [1.165, 1.54) is 18.2 Å². The van der Waals surface area contributed by atoms with Crippen molar-refractivity contribution in [3.8, 4) is 5.75 Å². The molecule has 2 N–H and O–H groups in total. The quantitative estimate of drug-likeness (QED) is 0.764. The third kappa shape index (κ3) is 4.42. The molecule has 1 heterocycles. The first-order chi connectivity index (χ1) is 10.1. The van der Waals surface area contributed by atoms with Crippen LogP contribution >= 0.6 is 0 Å². The average Bonchev–Trinajstić information content (AvgIpc) is 2.93. The first-order valence-electron chi connectivity index (χ1n) is 6.60. The van der Waals surface area contributed by atoms with E-state index >= 15 is 0 Å². The Morgan fingerprint density at radius 3 is 2.81 bits per heavy atom. The van der Waals surface area contributed by atoms with Crippen LogP contribution < -0.4 is 10.1 Å². The van der Waals surface area contributed by atoms with Gasteiger partial charge in [-0.15, -0.1) is 0 Å². The molecule has 6 nitrogen and oxygen atoms in total. The van der Waals surface area contributed by atoms with Crippen LogP contribution in [0.15, 0.2) is 24.3 Å². The highest BCUT2D eigenvalue weighted by molar-refractivity contribution is 5.82. The molecule has 1 aliphatic heterocycles. The van der Waals surface area contributed by atoms with Crippen LogP contribution in [0.4, 0.5) is 4.39 Å². The second-order valence-corrected chi connectivity index (χ2v) is 4.63. The van der Waals surface area contributed by atoms with E-state index in [1.807, 2.05) is 0 Å². The molecule has 2 atom stereocenters. The maximum absolute atomic E-state index is 12.9. The number of rotatable bonds is 6. The highest BCUT2D eigenvalue weighted by Gasteiger charge is 2.34. The van der Waals surface area contributed by atoms with E-state index in [-0.39, 0.29) is 19.1 Å². The van der Waals surface area contributed by atoms with Crippen LogP contribution in [0.3, 0.4) is 0 Å². The minimum Gasteiger partial charge on any atom is -0.492 e. The number of hydrogen-bond acceptors (Lipinski definition) is 4. The van der Waals surface area contributed by atoms with Gasteiger partial charge in [0.15, 0.2) is 6.10 Å². The zero-order valence-corrected chi connectivity index (χ0v) is 11.3. The summed E-state index contributed by atoms with van der Waals surface area (Å²) in [7, 11) is 0. The number of amides is 1. The van der Waals surface area contributed by atoms with Crippen molar-refractivity contribution >= 4 is 11.9 Å². The summed E-state index contributed by atoms with van der Waals surface area (Å²) in [5.74, 6) is -1.43. The molecule has 1 aliphatic rings. The predicted octanol–water partition coefficient (Wildman–Crippen LogP) is 0.953. The fourth-order valence-electron chi connectivity index (χ4n) is 2.03. The van der Waals surface area contributed by atoms with Gasteiger partial charge < -0.3 is 19.9 Å². The number of carbonyl (C=O) groups is 2. The van der Waals surface area contributed by atoms with E-state index in [0.717, 1.165) is 0 Å². The van der Waals surface area contributed by atoms with Gasteiger partial charge in [0.25, 0.3) is 0 Å².